The van der Waals surface area contributed by atoms with Crippen molar-refractivity contribution in [2.45, 2.75) is 45.7 Å². The Balaban J connectivity index is 2.46. The number of benzene rings is 2. The molecule has 0 bridgehead atoms. The summed E-state index contributed by atoms with van der Waals surface area (Å²) in [5.41, 5.74) is 0.356. The number of nitrogens with one attached hydrogen (secondary N) is 1. The number of nitro benzene ring substituents is 1. The van der Waals surface area contributed by atoms with Gasteiger partial charge in [-0.15, -0.1) is 0 Å². The zero-order chi connectivity index (χ0) is 27.6. The highest BCUT2D eigenvalue weighted by atomic mass is 32.2. The molecule has 0 fully saturated rings. The standard InChI is InChI=1S/C25H34N4O7S/c1-5-7-14-26-25(31)23(6-2)27(17-19-10-8-13-22(15-19)36-3)24(30)18-28(37(4,34)35)20-11-9-12-21(16-20)29(32)33/h8-13,15-16,23H,5-7,14,17-18H2,1-4H3,(H,26,31)/t23-/m0/s1. The number of carbonyl (C=O) groups excluding carboxylic acids is 2. The van der Waals surface area contributed by atoms with Crippen molar-refractivity contribution in [2.24, 2.45) is 0 Å². The van der Waals surface area contributed by atoms with Gasteiger partial charge in [-0.05, 0) is 36.6 Å². The number of rotatable bonds is 14. The van der Waals surface area contributed by atoms with Crippen molar-refractivity contribution < 1.29 is 27.7 Å². The van der Waals surface area contributed by atoms with Crippen LogP contribution in [-0.4, -0.2) is 62.6 Å². The van der Waals surface area contributed by atoms with Gasteiger partial charge in [-0.25, -0.2) is 8.42 Å². The lowest BCUT2D eigenvalue weighted by Crippen LogP contribution is -2.52. The molecule has 2 amide bonds. The fraction of sp³-hybridized carbons (Fsp3) is 0.440. The van der Waals surface area contributed by atoms with Crippen LogP contribution in [0, 0.1) is 10.1 Å². The van der Waals surface area contributed by atoms with Crippen molar-refractivity contribution in [3.8, 4) is 5.75 Å². The molecule has 0 spiro atoms. The molecule has 0 radical (unpaired) electrons. The second-order valence-electron chi connectivity index (χ2n) is 8.49. The number of carbonyl (C=O) groups is 2. The van der Waals surface area contributed by atoms with Crippen molar-refractivity contribution in [1.82, 2.24) is 10.2 Å². The molecule has 37 heavy (non-hydrogen) atoms. The van der Waals surface area contributed by atoms with Gasteiger partial charge in [0, 0.05) is 25.2 Å². The molecule has 0 aliphatic heterocycles. The van der Waals surface area contributed by atoms with Crippen LogP contribution in [0.1, 0.15) is 38.7 Å². The Hall–Kier alpha value is -3.67. The van der Waals surface area contributed by atoms with Crippen LogP contribution in [0.2, 0.25) is 0 Å². The van der Waals surface area contributed by atoms with E-state index in [0.717, 1.165) is 29.5 Å². The Morgan fingerprint density at radius 2 is 1.84 bits per heavy atom. The smallest absolute Gasteiger partial charge is 0.271 e. The Kier molecular flexibility index (Phi) is 10.9. The van der Waals surface area contributed by atoms with E-state index in [2.05, 4.69) is 5.32 Å². The molecule has 2 aromatic rings. The third-order valence-electron chi connectivity index (χ3n) is 5.71. The maximum Gasteiger partial charge on any atom is 0.271 e. The number of sulfonamides is 1. The topological polar surface area (TPSA) is 139 Å². The number of hydrogen-bond donors (Lipinski definition) is 1. The van der Waals surface area contributed by atoms with Crippen LogP contribution in [0.25, 0.3) is 0 Å². The number of unbranched alkanes of at least 4 members (excludes halogenated alkanes) is 1. The number of nitrogens with zero attached hydrogens (tertiary/aromatic N) is 3. The summed E-state index contributed by atoms with van der Waals surface area (Å²) in [6, 6.07) is 11.2. The third-order valence-corrected chi connectivity index (χ3v) is 6.85. The zero-order valence-corrected chi connectivity index (χ0v) is 22.4. The summed E-state index contributed by atoms with van der Waals surface area (Å²) in [6.45, 7) is 3.61. The maximum absolute atomic E-state index is 13.7. The fourth-order valence-corrected chi connectivity index (χ4v) is 4.61. The number of hydrogen-bond acceptors (Lipinski definition) is 7. The van der Waals surface area contributed by atoms with Gasteiger partial charge in [-0.1, -0.05) is 38.5 Å². The van der Waals surface area contributed by atoms with Crippen molar-refractivity contribution >= 4 is 33.2 Å². The maximum atomic E-state index is 13.7. The predicted molar refractivity (Wildman–Crippen MR) is 141 cm³/mol. The molecule has 2 rings (SSSR count). The van der Waals surface area contributed by atoms with Crippen LogP contribution in [-0.2, 0) is 26.2 Å². The minimum atomic E-state index is -4.00. The van der Waals surface area contributed by atoms with Gasteiger partial charge in [0.25, 0.3) is 5.69 Å². The van der Waals surface area contributed by atoms with Gasteiger partial charge in [0.1, 0.15) is 18.3 Å². The first-order valence-electron chi connectivity index (χ1n) is 11.9. The van der Waals surface area contributed by atoms with Crippen LogP contribution in [0.4, 0.5) is 11.4 Å². The van der Waals surface area contributed by atoms with Crippen LogP contribution < -0.4 is 14.4 Å². The normalized spacial score (nSPS) is 11.9. The lowest BCUT2D eigenvalue weighted by atomic mass is 10.1. The quantitative estimate of drug-likeness (QED) is 0.223. The highest BCUT2D eigenvalue weighted by molar-refractivity contribution is 7.92. The van der Waals surface area contributed by atoms with Crippen LogP contribution in [0.3, 0.4) is 0 Å². The molecule has 12 heteroatoms. The zero-order valence-electron chi connectivity index (χ0n) is 21.5. The van der Waals surface area contributed by atoms with Gasteiger partial charge in [-0.3, -0.25) is 24.0 Å². The molecule has 202 valence electrons. The van der Waals surface area contributed by atoms with Gasteiger partial charge in [0.05, 0.1) is 24.0 Å². The van der Waals surface area contributed by atoms with E-state index in [1.807, 2.05) is 6.92 Å². The van der Waals surface area contributed by atoms with E-state index in [1.165, 1.54) is 30.2 Å². The average molecular weight is 535 g/mol. The summed E-state index contributed by atoms with van der Waals surface area (Å²) in [6.07, 6.45) is 2.88. The Morgan fingerprint density at radius 1 is 1.14 bits per heavy atom. The van der Waals surface area contributed by atoms with Gasteiger partial charge >= 0.3 is 0 Å². The monoisotopic (exact) mass is 534 g/mol. The summed E-state index contributed by atoms with van der Waals surface area (Å²) in [7, 11) is -2.49. The minimum absolute atomic E-state index is 0.0215. The molecular formula is C25H34N4O7S. The van der Waals surface area contributed by atoms with Crippen molar-refractivity contribution in [3.05, 3.63) is 64.2 Å². The summed E-state index contributed by atoms with van der Waals surface area (Å²) in [4.78, 5) is 38.6. The van der Waals surface area contributed by atoms with E-state index in [-0.39, 0.29) is 23.8 Å². The van der Waals surface area contributed by atoms with Crippen LogP contribution in [0.5, 0.6) is 5.75 Å². The Bertz CT molecular complexity index is 1200. The largest absolute Gasteiger partial charge is 0.497 e. The summed E-state index contributed by atoms with van der Waals surface area (Å²) in [5, 5.41) is 14.1. The van der Waals surface area contributed by atoms with E-state index >= 15 is 0 Å². The molecule has 2 aromatic carbocycles. The minimum Gasteiger partial charge on any atom is -0.497 e. The summed E-state index contributed by atoms with van der Waals surface area (Å²) < 4.78 is 31.4. The molecule has 11 nitrogen and oxygen atoms in total. The van der Waals surface area contributed by atoms with Crippen molar-refractivity contribution in [3.63, 3.8) is 0 Å². The molecule has 1 atom stereocenters. The van der Waals surface area contributed by atoms with E-state index in [9.17, 15) is 28.1 Å². The van der Waals surface area contributed by atoms with Gasteiger partial charge < -0.3 is 15.0 Å². The first kappa shape index (κ1) is 29.6. The highest BCUT2D eigenvalue weighted by Crippen LogP contribution is 2.24. The Labute approximate surface area is 217 Å². The number of amides is 2. The van der Waals surface area contributed by atoms with E-state index < -0.39 is 33.4 Å². The molecule has 0 unspecified atom stereocenters. The number of methoxy groups -OCH3 is 1. The predicted octanol–water partition coefficient (Wildman–Crippen LogP) is 3.09. The molecule has 0 aromatic heterocycles. The molecule has 0 heterocycles. The highest BCUT2D eigenvalue weighted by Gasteiger charge is 2.32. The molecule has 0 saturated heterocycles. The molecular weight excluding hydrogens is 500 g/mol. The van der Waals surface area contributed by atoms with E-state index in [1.54, 1.807) is 31.2 Å². The first-order chi connectivity index (χ1) is 17.5. The second kappa shape index (κ2) is 13.6. The van der Waals surface area contributed by atoms with Crippen LogP contribution >= 0.6 is 0 Å². The summed E-state index contributed by atoms with van der Waals surface area (Å²) in [5.74, 6) is -0.398. The molecule has 0 saturated carbocycles. The molecule has 0 aliphatic carbocycles. The average Bonchev–Trinajstić information content (AvgIpc) is 2.86. The number of ether oxygens (including phenoxy) is 1. The molecule has 1 N–H and O–H groups in total. The number of anilines is 1. The van der Waals surface area contributed by atoms with Gasteiger partial charge in [0.15, 0.2) is 0 Å². The van der Waals surface area contributed by atoms with Crippen molar-refractivity contribution in [2.75, 3.05) is 30.8 Å². The second-order valence-corrected chi connectivity index (χ2v) is 10.4. The summed E-state index contributed by atoms with van der Waals surface area (Å²) >= 11 is 0. The Morgan fingerprint density at radius 3 is 2.43 bits per heavy atom. The van der Waals surface area contributed by atoms with E-state index in [4.69, 9.17) is 4.74 Å². The van der Waals surface area contributed by atoms with E-state index in [0.29, 0.717) is 24.3 Å². The fourth-order valence-electron chi connectivity index (χ4n) is 3.77. The molecule has 0 aliphatic rings. The number of nitro groups is 1. The van der Waals surface area contributed by atoms with Crippen LogP contribution in [0.15, 0.2) is 48.5 Å². The van der Waals surface area contributed by atoms with Gasteiger partial charge in [0.2, 0.25) is 21.8 Å². The van der Waals surface area contributed by atoms with Crippen molar-refractivity contribution in [1.29, 1.82) is 0 Å². The lowest BCUT2D eigenvalue weighted by molar-refractivity contribution is -0.384. The van der Waals surface area contributed by atoms with Gasteiger partial charge in [-0.2, -0.15) is 0 Å². The number of non-ortho nitro benzene ring substituents is 1. The SMILES string of the molecule is CCCCNC(=O)[C@H](CC)N(Cc1cccc(OC)c1)C(=O)CN(c1cccc([N+](=O)[O-])c1)S(C)(=O)=O. The third kappa shape index (κ3) is 8.45. The lowest BCUT2D eigenvalue weighted by Gasteiger charge is -2.33. The first-order valence-corrected chi connectivity index (χ1v) is 13.8.